The predicted molar refractivity (Wildman–Crippen MR) is 75.7 cm³/mol. The van der Waals surface area contributed by atoms with E-state index in [-0.39, 0.29) is 17.9 Å². The van der Waals surface area contributed by atoms with E-state index >= 15 is 0 Å². The van der Waals surface area contributed by atoms with Crippen molar-refractivity contribution in [2.75, 3.05) is 19.6 Å². The lowest BCUT2D eigenvalue weighted by Crippen LogP contribution is -2.50. The molecular formula is C14H27N3O2. The van der Waals surface area contributed by atoms with Gasteiger partial charge in [0.05, 0.1) is 0 Å². The Morgan fingerprint density at radius 1 is 1.32 bits per heavy atom. The van der Waals surface area contributed by atoms with E-state index in [1.807, 2.05) is 13.8 Å². The lowest BCUT2D eigenvalue weighted by atomic mass is 9.95. The molecule has 0 spiro atoms. The van der Waals surface area contributed by atoms with Crippen LogP contribution in [0, 0.1) is 11.8 Å². The first-order chi connectivity index (χ1) is 8.99. The van der Waals surface area contributed by atoms with Gasteiger partial charge >= 0.3 is 0 Å². The molecule has 0 aromatic heterocycles. The van der Waals surface area contributed by atoms with Crippen LogP contribution in [0.4, 0.5) is 0 Å². The van der Waals surface area contributed by atoms with E-state index in [0.29, 0.717) is 31.2 Å². The van der Waals surface area contributed by atoms with Crippen molar-refractivity contribution in [3.05, 3.63) is 0 Å². The van der Waals surface area contributed by atoms with Crippen molar-refractivity contribution in [2.45, 2.75) is 46.1 Å². The first-order valence-corrected chi connectivity index (χ1v) is 7.25. The molecule has 1 fully saturated rings. The Morgan fingerprint density at radius 2 is 2.05 bits per heavy atom. The van der Waals surface area contributed by atoms with Crippen LogP contribution >= 0.6 is 0 Å². The Morgan fingerprint density at radius 3 is 2.68 bits per heavy atom. The maximum absolute atomic E-state index is 11.8. The van der Waals surface area contributed by atoms with Crippen LogP contribution in [0.2, 0.25) is 0 Å². The van der Waals surface area contributed by atoms with Gasteiger partial charge in [-0.05, 0) is 24.8 Å². The monoisotopic (exact) mass is 269 g/mol. The lowest BCUT2D eigenvalue weighted by molar-refractivity contribution is -0.123. The molecule has 0 radical (unpaired) electrons. The van der Waals surface area contributed by atoms with E-state index in [4.69, 9.17) is 0 Å². The van der Waals surface area contributed by atoms with E-state index < -0.39 is 0 Å². The van der Waals surface area contributed by atoms with Gasteiger partial charge in [-0.25, -0.2) is 0 Å². The summed E-state index contributed by atoms with van der Waals surface area (Å²) in [6.07, 6.45) is 1.97. The summed E-state index contributed by atoms with van der Waals surface area (Å²) in [6.45, 7) is 8.46. The zero-order valence-electron chi connectivity index (χ0n) is 12.3. The minimum Gasteiger partial charge on any atom is -0.356 e. The molecule has 110 valence electrons. The molecule has 19 heavy (non-hydrogen) atoms. The molecule has 3 N–H and O–H groups in total. The maximum atomic E-state index is 11.8. The van der Waals surface area contributed by atoms with Crippen molar-refractivity contribution in [2.24, 2.45) is 11.8 Å². The molecule has 2 amide bonds. The number of carbonyl (C=O) groups is 2. The third-order valence-corrected chi connectivity index (χ3v) is 3.44. The zero-order chi connectivity index (χ0) is 14.3. The molecule has 1 heterocycles. The van der Waals surface area contributed by atoms with Crippen molar-refractivity contribution in [3.8, 4) is 0 Å². The third-order valence-electron chi connectivity index (χ3n) is 3.44. The molecule has 0 saturated carbocycles. The number of rotatable bonds is 6. The second-order valence-electron chi connectivity index (χ2n) is 5.84. The highest BCUT2D eigenvalue weighted by Gasteiger charge is 2.22. The van der Waals surface area contributed by atoms with Crippen molar-refractivity contribution >= 4 is 11.8 Å². The van der Waals surface area contributed by atoms with Gasteiger partial charge in [0.2, 0.25) is 11.8 Å². The number of carbonyl (C=O) groups excluding carboxylic acids is 2. The van der Waals surface area contributed by atoms with Crippen molar-refractivity contribution in [1.82, 2.24) is 16.0 Å². The summed E-state index contributed by atoms with van der Waals surface area (Å²) in [6, 6.07) is 0.215. The summed E-state index contributed by atoms with van der Waals surface area (Å²) in [7, 11) is 0. The van der Waals surface area contributed by atoms with E-state index in [1.165, 1.54) is 0 Å². The van der Waals surface area contributed by atoms with Gasteiger partial charge in [0.15, 0.2) is 0 Å². The fourth-order valence-electron chi connectivity index (χ4n) is 2.22. The van der Waals surface area contributed by atoms with Crippen LogP contribution in [-0.2, 0) is 9.59 Å². The molecule has 1 rings (SSSR count). The Bertz CT molecular complexity index is 305. The van der Waals surface area contributed by atoms with Gasteiger partial charge < -0.3 is 16.0 Å². The molecule has 1 aliphatic rings. The summed E-state index contributed by atoms with van der Waals surface area (Å²) in [5.41, 5.74) is 0. The number of amides is 2. The molecule has 0 aliphatic carbocycles. The summed E-state index contributed by atoms with van der Waals surface area (Å²) in [5, 5.41) is 9.09. The van der Waals surface area contributed by atoms with Crippen LogP contribution in [0.25, 0.3) is 0 Å². The molecule has 1 saturated heterocycles. The van der Waals surface area contributed by atoms with Gasteiger partial charge in [-0.2, -0.15) is 0 Å². The van der Waals surface area contributed by atoms with Crippen LogP contribution in [0.3, 0.4) is 0 Å². The van der Waals surface area contributed by atoms with Gasteiger partial charge in [-0.3, -0.25) is 9.59 Å². The Hall–Kier alpha value is -1.10. The average Bonchev–Trinajstić information content (AvgIpc) is 2.31. The van der Waals surface area contributed by atoms with Gasteiger partial charge in [0, 0.05) is 32.0 Å². The van der Waals surface area contributed by atoms with Gasteiger partial charge in [-0.15, -0.1) is 0 Å². The van der Waals surface area contributed by atoms with Gasteiger partial charge in [0.25, 0.3) is 0 Å². The summed E-state index contributed by atoms with van der Waals surface area (Å²) in [5.74, 6) is 0.907. The SMILES string of the molecule is CC(C)CC(=O)NCCC(=O)NC1CNCCC1C. The third kappa shape index (κ3) is 6.57. The number of hydrogen-bond donors (Lipinski definition) is 3. The van der Waals surface area contributed by atoms with Crippen LogP contribution in [0.15, 0.2) is 0 Å². The first kappa shape index (κ1) is 16.0. The standard InChI is InChI=1S/C14H27N3O2/c1-10(2)8-14(19)16-7-5-13(18)17-12-9-15-6-4-11(12)3/h10-12,15H,4-9H2,1-3H3,(H,16,19)(H,17,18). The second-order valence-corrected chi connectivity index (χ2v) is 5.84. The highest BCUT2D eigenvalue weighted by molar-refractivity contribution is 5.79. The fraction of sp³-hybridized carbons (Fsp3) is 0.857. The quantitative estimate of drug-likeness (QED) is 0.663. The molecule has 1 aliphatic heterocycles. The second kappa shape index (κ2) is 8.15. The summed E-state index contributed by atoms with van der Waals surface area (Å²) >= 11 is 0. The molecule has 0 aromatic rings. The topological polar surface area (TPSA) is 70.2 Å². The number of nitrogens with one attached hydrogen (secondary N) is 3. The minimum atomic E-state index is 0.0189. The predicted octanol–water partition coefficient (Wildman–Crippen LogP) is 0.653. The van der Waals surface area contributed by atoms with Crippen LogP contribution in [0.1, 0.15) is 40.0 Å². The molecule has 5 nitrogen and oxygen atoms in total. The Labute approximate surface area is 115 Å². The van der Waals surface area contributed by atoms with E-state index in [2.05, 4.69) is 22.9 Å². The maximum Gasteiger partial charge on any atom is 0.222 e. The van der Waals surface area contributed by atoms with Crippen molar-refractivity contribution in [1.29, 1.82) is 0 Å². The fourth-order valence-corrected chi connectivity index (χ4v) is 2.22. The summed E-state index contributed by atoms with van der Waals surface area (Å²) in [4.78, 5) is 23.2. The van der Waals surface area contributed by atoms with E-state index in [1.54, 1.807) is 0 Å². The number of hydrogen-bond acceptors (Lipinski definition) is 3. The van der Waals surface area contributed by atoms with Crippen LogP contribution in [0.5, 0.6) is 0 Å². The average molecular weight is 269 g/mol. The summed E-state index contributed by atoms with van der Waals surface area (Å²) < 4.78 is 0. The van der Waals surface area contributed by atoms with Crippen molar-refractivity contribution < 1.29 is 9.59 Å². The zero-order valence-corrected chi connectivity index (χ0v) is 12.3. The molecule has 2 atom stereocenters. The normalized spacial score (nSPS) is 23.2. The molecule has 0 bridgehead atoms. The molecule has 2 unspecified atom stereocenters. The van der Waals surface area contributed by atoms with Crippen LogP contribution in [-0.4, -0.2) is 37.5 Å². The molecular weight excluding hydrogens is 242 g/mol. The van der Waals surface area contributed by atoms with Gasteiger partial charge in [-0.1, -0.05) is 20.8 Å². The smallest absolute Gasteiger partial charge is 0.222 e. The van der Waals surface area contributed by atoms with Gasteiger partial charge in [0.1, 0.15) is 0 Å². The Balaban J connectivity index is 2.15. The largest absolute Gasteiger partial charge is 0.356 e. The number of piperidine rings is 1. The molecule has 0 aromatic carbocycles. The van der Waals surface area contributed by atoms with Crippen LogP contribution < -0.4 is 16.0 Å². The lowest BCUT2D eigenvalue weighted by Gasteiger charge is -2.30. The Kier molecular flexibility index (Phi) is 6.84. The highest BCUT2D eigenvalue weighted by Crippen LogP contribution is 2.11. The minimum absolute atomic E-state index is 0.0189. The van der Waals surface area contributed by atoms with Crippen molar-refractivity contribution in [3.63, 3.8) is 0 Å². The molecule has 5 heteroatoms. The van der Waals surface area contributed by atoms with E-state index in [9.17, 15) is 9.59 Å². The van der Waals surface area contributed by atoms with E-state index in [0.717, 1.165) is 19.5 Å². The first-order valence-electron chi connectivity index (χ1n) is 7.25. The highest BCUT2D eigenvalue weighted by atomic mass is 16.2.